The summed E-state index contributed by atoms with van der Waals surface area (Å²) < 4.78 is 10.5. The van der Waals surface area contributed by atoms with E-state index in [2.05, 4.69) is 10.4 Å². The lowest BCUT2D eigenvalue weighted by molar-refractivity contribution is 0.397. The molecule has 0 spiro atoms. The predicted molar refractivity (Wildman–Crippen MR) is 67.4 cm³/mol. The molecule has 0 aliphatic heterocycles. The van der Waals surface area contributed by atoms with Gasteiger partial charge in [0.15, 0.2) is 0 Å². The maximum Gasteiger partial charge on any atom is 0.148 e. The molecule has 1 aromatic heterocycles. The number of anilines is 1. The highest BCUT2D eigenvalue weighted by atomic mass is 16.5. The van der Waals surface area contributed by atoms with E-state index in [4.69, 9.17) is 15.3 Å². The third-order valence-corrected chi connectivity index (χ3v) is 2.59. The van der Waals surface area contributed by atoms with Crippen LogP contribution in [-0.4, -0.2) is 19.2 Å². The Balaban J connectivity index is 2.83. The first kappa shape index (κ1) is 11.5. The van der Waals surface area contributed by atoms with Crippen LogP contribution in [0.2, 0.25) is 0 Å². The van der Waals surface area contributed by atoms with E-state index in [1.54, 1.807) is 20.3 Å². The van der Waals surface area contributed by atoms with Crippen LogP contribution in [0.15, 0.2) is 18.2 Å². The van der Waals surface area contributed by atoms with Crippen molar-refractivity contribution in [2.75, 3.05) is 19.6 Å². The molecule has 0 amide bonds. The smallest absolute Gasteiger partial charge is 0.148 e. The SMILES string of the molecule is COc1cc(OC)c2nc(C)cc(NN)c2c1. The first-order valence-electron chi connectivity index (χ1n) is 5.19. The highest BCUT2D eigenvalue weighted by Crippen LogP contribution is 2.33. The summed E-state index contributed by atoms with van der Waals surface area (Å²) in [5.41, 5.74) is 5.09. The fourth-order valence-corrected chi connectivity index (χ4v) is 1.79. The number of nitrogens with one attached hydrogen (secondary N) is 1. The van der Waals surface area contributed by atoms with E-state index >= 15 is 0 Å². The number of nitrogens with zero attached hydrogens (tertiary/aromatic N) is 1. The number of fused-ring (bicyclic) bond motifs is 1. The summed E-state index contributed by atoms with van der Waals surface area (Å²) in [4.78, 5) is 4.45. The van der Waals surface area contributed by atoms with Gasteiger partial charge in [-0.25, -0.2) is 4.98 Å². The molecule has 2 aromatic rings. The highest BCUT2D eigenvalue weighted by molar-refractivity contribution is 5.96. The van der Waals surface area contributed by atoms with E-state index in [1.165, 1.54) is 0 Å². The Morgan fingerprint density at radius 2 is 1.94 bits per heavy atom. The molecule has 5 heteroatoms. The molecule has 90 valence electrons. The zero-order valence-electron chi connectivity index (χ0n) is 10.1. The van der Waals surface area contributed by atoms with Crippen LogP contribution in [-0.2, 0) is 0 Å². The molecular weight excluding hydrogens is 218 g/mol. The molecule has 3 N–H and O–H groups in total. The van der Waals surface area contributed by atoms with Crippen LogP contribution in [0.3, 0.4) is 0 Å². The second kappa shape index (κ2) is 4.47. The minimum atomic E-state index is 0.666. The van der Waals surface area contributed by atoms with Crippen molar-refractivity contribution < 1.29 is 9.47 Å². The zero-order chi connectivity index (χ0) is 12.4. The van der Waals surface area contributed by atoms with E-state index in [-0.39, 0.29) is 0 Å². The van der Waals surface area contributed by atoms with Gasteiger partial charge >= 0.3 is 0 Å². The van der Waals surface area contributed by atoms with Crippen molar-refractivity contribution >= 4 is 16.6 Å². The first-order valence-corrected chi connectivity index (χ1v) is 5.19. The number of hydrogen-bond acceptors (Lipinski definition) is 5. The minimum absolute atomic E-state index is 0.666. The minimum Gasteiger partial charge on any atom is -0.497 e. The average Bonchev–Trinajstić information content (AvgIpc) is 2.36. The fourth-order valence-electron chi connectivity index (χ4n) is 1.79. The first-order chi connectivity index (χ1) is 8.19. The van der Waals surface area contributed by atoms with Crippen LogP contribution >= 0.6 is 0 Å². The molecule has 17 heavy (non-hydrogen) atoms. The molecule has 1 aromatic carbocycles. The number of benzene rings is 1. The average molecular weight is 233 g/mol. The second-order valence-corrected chi connectivity index (χ2v) is 3.68. The van der Waals surface area contributed by atoms with Gasteiger partial charge in [-0.15, -0.1) is 0 Å². The predicted octanol–water partition coefficient (Wildman–Crippen LogP) is 1.85. The Bertz CT molecular complexity index is 555. The van der Waals surface area contributed by atoms with Crippen LogP contribution in [0, 0.1) is 6.92 Å². The number of aryl methyl sites for hydroxylation is 1. The molecule has 1 heterocycles. The quantitative estimate of drug-likeness (QED) is 0.625. The fraction of sp³-hybridized carbons (Fsp3) is 0.250. The molecule has 0 saturated heterocycles. The van der Waals surface area contributed by atoms with Crippen LogP contribution in [0.25, 0.3) is 10.9 Å². The van der Waals surface area contributed by atoms with Crippen LogP contribution < -0.4 is 20.7 Å². The molecule has 2 rings (SSSR count). The molecule has 0 bridgehead atoms. The van der Waals surface area contributed by atoms with Crippen molar-refractivity contribution in [1.29, 1.82) is 0 Å². The van der Waals surface area contributed by atoms with Gasteiger partial charge in [-0.05, 0) is 19.1 Å². The van der Waals surface area contributed by atoms with Gasteiger partial charge in [0.2, 0.25) is 0 Å². The molecule has 0 atom stereocenters. The lowest BCUT2D eigenvalue weighted by atomic mass is 10.1. The van der Waals surface area contributed by atoms with Crippen molar-refractivity contribution in [1.82, 2.24) is 4.98 Å². The number of hydrogen-bond donors (Lipinski definition) is 2. The highest BCUT2D eigenvalue weighted by Gasteiger charge is 2.10. The van der Waals surface area contributed by atoms with Gasteiger partial charge in [0.25, 0.3) is 0 Å². The molecular formula is C12H15N3O2. The van der Waals surface area contributed by atoms with Crippen LogP contribution in [0.4, 0.5) is 5.69 Å². The van der Waals surface area contributed by atoms with E-state index < -0.39 is 0 Å². The van der Waals surface area contributed by atoms with Gasteiger partial charge in [-0.3, -0.25) is 5.84 Å². The van der Waals surface area contributed by atoms with Crippen molar-refractivity contribution in [2.24, 2.45) is 5.84 Å². The van der Waals surface area contributed by atoms with E-state index in [9.17, 15) is 0 Å². The van der Waals surface area contributed by atoms with Gasteiger partial charge in [-0.2, -0.15) is 0 Å². The third kappa shape index (κ3) is 1.97. The molecule has 5 nitrogen and oxygen atoms in total. The summed E-state index contributed by atoms with van der Waals surface area (Å²) in [6, 6.07) is 5.55. The Hall–Kier alpha value is -2.01. The van der Waals surface area contributed by atoms with E-state index in [1.807, 2.05) is 19.1 Å². The summed E-state index contributed by atoms with van der Waals surface area (Å²) in [5, 5.41) is 0.870. The lowest BCUT2D eigenvalue weighted by Gasteiger charge is -2.12. The van der Waals surface area contributed by atoms with Crippen LogP contribution in [0.1, 0.15) is 5.69 Å². The van der Waals surface area contributed by atoms with Crippen molar-refractivity contribution in [3.05, 3.63) is 23.9 Å². The number of rotatable bonds is 3. The monoisotopic (exact) mass is 233 g/mol. The molecule has 0 aliphatic rings. The number of hydrazine groups is 1. The van der Waals surface area contributed by atoms with Crippen molar-refractivity contribution in [3.63, 3.8) is 0 Å². The Kier molecular flexibility index (Phi) is 3.01. The van der Waals surface area contributed by atoms with Crippen molar-refractivity contribution in [3.8, 4) is 11.5 Å². The Morgan fingerprint density at radius 1 is 1.18 bits per heavy atom. The molecule has 0 saturated carbocycles. The summed E-state index contributed by atoms with van der Waals surface area (Å²) >= 11 is 0. The number of pyridine rings is 1. The Morgan fingerprint density at radius 3 is 2.53 bits per heavy atom. The molecule has 0 radical (unpaired) electrons. The molecule has 0 aliphatic carbocycles. The van der Waals surface area contributed by atoms with E-state index in [0.29, 0.717) is 11.5 Å². The normalized spacial score (nSPS) is 10.4. The second-order valence-electron chi connectivity index (χ2n) is 3.68. The summed E-state index contributed by atoms with van der Waals surface area (Å²) in [6.07, 6.45) is 0. The maximum absolute atomic E-state index is 5.51. The van der Waals surface area contributed by atoms with Crippen LogP contribution in [0.5, 0.6) is 11.5 Å². The Labute approximate surface area is 99.5 Å². The van der Waals surface area contributed by atoms with Gasteiger partial charge in [0.05, 0.1) is 19.9 Å². The molecule has 0 fully saturated rings. The third-order valence-electron chi connectivity index (χ3n) is 2.59. The van der Waals surface area contributed by atoms with Crippen molar-refractivity contribution in [2.45, 2.75) is 6.92 Å². The number of aromatic nitrogens is 1. The summed E-state index contributed by atoms with van der Waals surface area (Å²) in [6.45, 7) is 1.91. The van der Waals surface area contributed by atoms with E-state index in [0.717, 1.165) is 22.3 Å². The van der Waals surface area contributed by atoms with Gasteiger partial charge in [-0.1, -0.05) is 0 Å². The largest absolute Gasteiger partial charge is 0.497 e. The van der Waals surface area contributed by atoms with Gasteiger partial charge in [0.1, 0.15) is 17.0 Å². The topological polar surface area (TPSA) is 69.4 Å². The lowest BCUT2D eigenvalue weighted by Crippen LogP contribution is -2.08. The maximum atomic E-state index is 5.51. The zero-order valence-corrected chi connectivity index (χ0v) is 10.1. The van der Waals surface area contributed by atoms with Gasteiger partial charge in [0, 0.05) is 17.1 Å². The molecule has 0 unspecified atom stereocenters. The number of ether oxygens (including phenoxy) is 2. The summed E-state index contributed by atoms with van der Waals surface area (Å²) in [5.74, 6) is 6.88. The number of nitrogen functional groups attached to an aromatic ring is 1. The van der Waals surface area contributed by atoms with Gasteiger partial charge < -0.3 is 14.9 Å². The number of nitrogens with two attached hydrogens (primary N) is 1. The number of methoxy groups -OCH3 is 2. The summed E-state index contributed by atoms with van der Waals surface area (Å²) in [7, 11) is 3.21. The standard InChI is InChI=1S/C12H15N3O2/c1-7-4-10(15-13)9-5-8(16-2)6-11(17-3)12(9)14-7/h4-6H,13H2,1-3H3,(H,14,15).